The van der Waals surface area contributed by atoms with Gasteiger partial charge < -0.3 is 10.4 Å². The van der Waals surface area contributed by atoms with Gasteiger partial charge >= 0.3 is 5.97 Å². The summed E-state index contributed by atoms with van der Waals surface area (Å²) in [6.45, 7) is 0.713. The van der Waals surface area contributed by atoms with Gasteiger partial charge in [-0.25, -0.2) is 4.39 Å². The minimum absolute atomic E-state index is 0.329. The predicted molar refractivity (Wildman–Crippen MR) is 65.4 cm³/mol. The molecular weight excluding hydrogens is 289 g/mol. The Balaban J connectivity index is 2.26. The molecule has 1 aromatic rings. The molecule has 1 saturated heterocycles. The molecule has 0 aliphatic carbocycles. The summed E-state index contributed by atoms with van der Waals surface area (Å²) >= 11 is 3.27. The standard InChI is InChI=1S/C12H13BrFNO2/c13-10-6-9(14)3-2-8(10)7-12(11(16)17)4-1-5-15-12/h2-3,6,15H,1,4-5,7H2,(H,16,17). The van der Waals surface area contributed by atoms with Crippen LogP contribution in [0.5, 0.6) is 0 Å². The molecule has 0 bridgehead atoms. The molecule has 0 aromatic heterocycles. The van der Waals surface area contributed by atoms with Crippen LogP contribution >= 0.6 is 15.9 Å². The molecule has 92 valence electrons. The molecule has 2 N–H and O–H groups in total. The van der Waals surface area contributed by atoms with Crippen molar-refractivity contribution in [2.24, 2.45) is 0 Å². The summed E-state index contributed by atoms with van der Waals surface area (Å²) in [4.78, 5) is 11.4. The van der Waals surface area contributed by atoms with Crippen molar-refractivity contribution in [3.63, 3.8) is 0 Å². The van der Waals surface area contributed by atoms with Crippen LogP contribution in [0.2, 0.25) is 0 Å². The molecule has 1 heterocycles. The van der Waals surface area contributed by atoms with Crippen LogP contribution in [0.1, 0.15) is 18.4 Å². The summed E-state index contributed by atoms with van der Waals surface area (Å²) in [5.74, 6) is -1.17. The van der Waals surface area contributed by atoms with E-state index in [0.717, 1.165) is 12.0 Å². The molecule has 0 saturated carbocycles. The first-order chi connectivity index (χ1) is 8.03. The number of halogens is 2. The largest absolute Gasteiger partial charge is 0.480 e. The normalized spacial score (nSPS) is 23.9. The van der Waals surface area contributed by atoms with Crippen LogP contribution in [-0.2, 0) is 11.2 Å². The van der Waals surface area contributed by atoms with Gasteiger partial charge in [0.25, 0.3) is 0 Å². The Morgan fingerprint density at radius 3 is 2.88 bits per heavy atom. The van der Waals surface area contributed by atoms with Gasteiger partial charge in [-0.05, 0) is 37.1 Å². The summed E-state index contributed by atoms with van der Waals surface area (Å²) in [5, 5.41) is 12.4. The van der Waals surface area contributed by atoms with E-state index in [1.54, 1.807) is 6.07 Å². The van der Waals surface area contributed by atoms with Gasteiger partial charge in [-0.1, -0.05) is 22.0 Å². The zero-order valence-corrected chi connectivity index (χ0v) is 10.8. The maximum atomic E-state index is 13.0. The van der Waals surface area contributed by atoms with Crippen molar-refractivity contribution in [3.05, 3.63) is 34.1 Å². The van der Waals surface area contributed by atoms with E-state index in [0.29, 0.717) is 23.9 Å². The number of carboxylic acid groups (broad SMARTS) is 1. The fourth-order valence-electron chi connectivity index (χ4n) is 2.21. The third-order valence-electron chi connectivity index (χ3n) is 3.16. The van der Waals surface area contributed by atoms with E-state index in [-0.39, 0.29) is 5.82 Å². The van der Waals surface area contributed by atoms with Gasteiger partial charge in [0.15, 0.2) is 0 Å². The maximum absolute atomic E-state index is 13.0. The van der Waals surface area contributed by atoms with E-state index < -0.39 is 11.5 Å². The Morgan fingerprint density at radius 1 is 1.59 bits per heavy atom. The number of carboxylic acids is 1. The first-order valence-corrected chi connectivity index (χ1v) is 6.25. The lowest BCUT2D eigenvalue weighted by molar-refractivity contribution is -0.144. The molecule has 1 atom stereocenters. The molecule has 1 aliphatic rings. The van der Waals surface area contributed by atoms with E-state index in [1.807, 2.05) is 0 Å². The fraction of sp³-hybridized carbons (Fsp3) is 0.417. The van der Waals surface area contributed by atoms with Crippen LogP contribution in [0.3, 0.4) is 0 Å². The van der Waals surface area contributed by atoms with E-state index in [9.17, 15) is 14.3 Å². The average molecular weight is 302 g/mol. The van der Waals surface area contributed by atoms with Crippen LogP contribution < -0.4 is 5.32 Å². The second-order valence-electron chi connectivity index (χ2n) is 4.33. The maximum Gasteiger partial charge on any atom is 0.324 e. The lowest BCUT2D eigenvalue weighted by atomic mass is 9.89. The Hall–Kier alpha value is -0.940. The lowest BCUT2D eigenvalue weighted by Gasteiger charge is -2.25. The highest BCUT2D eigenvalue weighted by Crippen LogP contribution is 2.28. The van der Waals surface area contributed by atoms with Crippen molar-refractivity contribution >= 4 is 21.9 Å². The Labute approximate surface area is 107 Å². The minimum atomic E-state index is -0.902. The van der Waals surface area contributed by atoms with E-state index in [4.69, 9.17) is 0 Å². The van der Waals surface area contributed by atoms with Crippen LogP contribution in [0.25, 0.3) is 0 Å². The van der Waals surface area contributed by atoms with Crippen molar-refractivity contribution in [1.29, 1.82) is 0 Å². The lowest BCUT2D eigenvalue weighted by Crippen LogP contribution is -2.49. The fourth-order valence-corrected chi connectivity index (χ4v) is 2.70. The molecule has 17 heavy (non-hydrogen) atoms. The molecule has 1 aromatic carbocycles. The molecular formula is C12H13BrFNO2. The summed E-state index contributed by atoms with van der Waals surface area (Å²) in [7, 11) is 0. The van der Waals surface area contributed by atoms with Crippen LogP contribution in [-0.4, -0.2) is 23.2 Å². The Morgan fingerprint density at radius 2 is 2.35 bits per heavy atom. The van der Waals surface area contributed by atoms with Gasteiger partial charge in [-0.15, -0.1) is 0 Å². The van der Waals surface area contributed by atoms with Gasteiger partial charge in [0.1, 0.15) is 11.4 Å². The van der Waals surface area contributed by atoms with Gasteiger partial charge in [0, 0.05) is 10.9 Å². The smallest absolute Gasteiger partial charge is 0.324 e. The number of rotatable bonds is 3. The third kappa shape index (κ3) is 2.50. The SMILES string of the molecule is O=C(O)C1(Cc2ccc(F)cc2Br)CCCN1. The number of aliphatic carboxylic acids is 1. The second kappa shape index (κ2) is 4.74. The van der Waals surface area contributed by atoms with Crippen LogP contribution in [0, 0.1) is 5.82 Å². The van der Waals surface area contributed by atoms with Gasteiger partial charge in [-0.3, -0.25) is 4.79 Å². The number of hydrogen-bond donors (Lipinski definition) is 2. The number of carbonyl (C=O) groups is 1. The van der Waals surface area contributed by atoms with Gasteiger partial charge in [-0.2, -0.15) is 0 Å². The molecule has 1 aliphatic heterocycles. The van der Waals surface area contributed by atoms with Crippen molar-refractivity contribution in [2.45, 2.75) is 24.8 Å². The molecule has 5 heteroatoms. The minimum Gasteiger partial charge on any atom is -0.480 e. The molecule has 1 unspecified atom stereocenters. The molecule has 2 rings (SSSR count). The van der Waals surface area contributed by atoms with Crippen molar-refractivity contribution in [2.75, 3.05) is 6.54 Å². The van der Waals surface area contributed by atoms with E-state index in [1.165, 1.54) is 12.1 Å². The highest BCUT2D eigenvalue weighted by Gasteiger charge is 2.41. The highest BCUT2D eigenvalue weighted by atomic mass is 79.9. The number of hydrogen-bond acceptors (Lipinski definition) is 2. The summed E-state index contributed by atoms with van der Waals surface area (Å²) in [5.41, 5.74) is -0.0939. The van der Waals surface area contributed by atoms with E-state index in [2.05, 4.69) is 21.2 Å². The Kier molecular flexibility index (Phi) is 3.49. The third-order valence-corrected chi connectivity index (χ3v) is 3.90. The van der Waals surface area contributed by atoms with Crippen molar-refractivity contribution in [3.8, 4) is 0 Å². The highest BCUT2D eigenvalue weighted by molar-refractivity contribution is 9.10. The molecule has 0 radical (unpaired) electrons. The molecule has 0 spiro atoms. The van der Waals surface area contributed by atoms with E-state index >= 15 is 0 Å². The van der Waals surface area contributed by atoms with Crippen molar-refractivity contribution < 1.29 is 14.3 Å². The topological polar surface area (TPSA) is 49.3 Å². The summed E-state index contributed by atoms with van der Waals surface area (Å²) in [6.07, 6.45) is 1.82. The first kappa shape index (κ1) is 12.5. The van der Waals surface area contributed by atoms with Gasteiger partial charge in [0.05, 0.1) is 0 Å². The number of benzene rings is 1. The molecule has 0 amide bonds. The zero-order valence-electron chi connectivity index (χ0n) is 9.17. The monoisotopic (exact) mass is 301 g/mol. The molecule has 3 nitrogen and oxygen atoms in total. The zero-order chi connectivity index (χ0) is 12.5. The average Bonchev–Trinajstić information content (AvgIpc) is 2.72. The second-order valence-corrected chi connectivity index (χ2v) is 5.18. The number of nitrogens with one attached hydrogen (secondary N) is 1. The predicted octanol–water partition coefficient (Wildman–Crippen LogP) is 2.34. The Bertz CT molecular complexity index is 444. The summed E-state index contributed by atoms with van der Waals surface area (Å²) in [6, 6.07) is 4.34. The van der Waals surface area contributed by atoms with Crippen LogP contribution in [0.15, 0.2) is 22.7 Å². The summed E-state index contributed by atoms with van der Waals surface area (Å²) < 4.78 is 13.6. The van der Waals surface area contributed by atoms with Crippen molar-refractivity contribution in [1.82, 2.24) is 5.32 Å². The molecule has 1 fully saturated rings. The first-order valence-electron chi connectivity index (χ1n) is 5.46. The van der Waals surface area contributed by atoms with Gasteiger partial charge in [0.2, 0.25) is 0 Å². The van der Waals surface area contributed by atoms with Crippen LogP contribution in [0.4, 0.5) is 4.39 Å². The quantitative estimate of drug-likeness (QED) is 0.901.